The van der Waals surface area contributed by atoms with Gasteiger partial charge < -0.3 is 10.6 Å². The molecule has 0 spiro atoms. The Morgan fingerprint density at radius 2 is 1.61 bits per heavy atom. The summed E-state index contributed by atoms with van der Waals surface area (Å²) < 4.78 is 0. The van der Waals surface area contributed by atoms with Crippen LogP contribution in [-0.2, 0) is 6.42 Å². The van der Waals surface area contributed by atoms with Crippen LogP contribution in [0.2, 0.25) is 0 Å². The second-order valence-electron chi connectivity index (χ2n) is 7.39. The number of anilines is 4. The lowest BCUT2D eigenvalue weighted by Crippen LogP contribution is -2.04. The Labute approximate surface area is 166 Å². The van der Waals surface area contributed by atoms with Crippen LogP contribution in [0.1, 0.15) is 56.1 Å². The first-order valence-electron chi connectivity index (χ1n) is 10.2. The Kier molecular flexibility index (Phi) is 5.80. The molecule has 0 amide bonds. The second kappa shape index (κ2) is 8.83. The Balaban J connectivity index is 1.39. The molecular weight excluding hydrogens is 346 g/mol. The van der Waals surface area contributed by atoms with Gasteiger partial charge in [-0.15, -0.1) is 0 Å². The maximum Gasteiger partial charge on any atom is 0.227 e. The fourth-order valence-corrected chi connectivity index (χ4v) is 3.85. The number of hydrogen-bond donors (Lipinski definition) is 2. The van der Waals surface area contributed by atoms with E-state index in [2.05, 4.69) is 56.8 Å². The summed E-state index contributed by atoms with van der Waals surface area (Å²) in [7, 11) is 0. The van der Waals surface area contributed by atoms with Gasteiger partial charge in [0, 0.05) is 23.8 Å². The Bertz CT molecular complexity index is 884. The number of aromatic nitrogens is 3. The smallest absolute Gasteiger partial charge is 0.227 e. The Hall–Kier alpha value is -2.95. The summed E-state index contributed by atoms with van der Waals surface area (Å²) in [6.07, 6.45) is 14.9. The monoisotopic (exact) mass is 373 g/mol. The van der Waals surface area contributed by atoms with Crippen LogP contribution in [0, 0.1) is 0 Å². The van der Waals surface area contributed by atoms with Gasteiger partial charge in [0.2, 0.25) is 5.95 Å². The maximum absolute atomic E-state index is 4.44. The molecule has 0 saturated heterocycles. The minimum absolute atomic E-state index is 0.599. The van der Waals surface area contributed by atoms with Crippen LogP contribution in [0.4, 0.5) is 23.0 Å². The molecule has 2 heterocycles. The van der Waals surface area contributed by atoms with Gasteiger partial charge in [0.05, 0.1) is 18.1 Å². The van der Waals surface area contributed by atoms with Gasteiger partial charge >= 0.3 is 0 Å². The third-order valence-corrected chi connectivity index (χ3v) is 5.46. The molecule has 2 aromatic heterocycles. The summed E-state index contributed by atoms with van der Waals surface area (Å²) in [5.74, 6) is 1.33. The van der Waals surface area contributed by atoms with Crippen molar-refractivity contribution in [3.05, 3.63) is 66.2 Å². The summed E-state index contributed by atoms with van der Waals surface area (Å²) in [6.45, 7) is 2.12. The summed E-state index contributed by atoms with van der Waals surface area (Å²) in [5.41, 5.74) is 5.54. The van der Waals surface area contributed by atoms with E-state index in [-0.39, 0.29) is 0 Å². The van der Waals surface area contributed by atoms with E-state index in [1.807, 2.05) is 12.3 Å². The summed E-state index contributed by atoms with van der Waals surface area (Å²) in [6, 6.07) is 10.7. The van der Waals surface area contributed by atoms with Crippen molar-refractivity contribution in [1.29, 1.82) is 0 Å². The van der Waals surface area contributed by atoms with E-state index in [0.29, 0.717) is 5.95 Å². The Morgan fingerprint density at radius 1 is 0.857 bits per heavy atom. The fourth-order valence-electron chi connectivity index (χ4n) is 3.85. The number of benzene rings is 1. The first-order valence-corrected chi connectivity index (χ1v) is 10.2. The maximum atomic E-state index is 4.44. The molecule has 3 aromatic rings. The van der Waals surface area contributed by atoms with Gasteiger partial charge in [-0.05, 0) is 54.5 Å². The van der Waals surface area contributed by atoms with Crippen LogP contribution in [0.5, 0.6) is 0 Å². The van der Waals surface area contributed by atoms with E-state index in [9.17, 15) is 0 Å². The number of aryl methyl sites for hydroxylation is 1. The highest BCUT2D eigenvalue weighted by molar-refractivity contribution is 5.62. The van der Waals surface area contributed by atoms with Gasteiger partial charge in [0.15, 0.2) is 0 Å². The Morgan fingerprint density at radius 3 is 2.32 bits per heavy atom. The van der Waals surface area contributed by atoms with Crippen LogP contribution in [-0.4, -0.2) is 15.0 Å². The molecule has 1 aliphatic rings. The van der Waals surface area contributed by atoms with Crippen molar-refractivity contribution in [1.82, 2.24) is 15.0 Å². The van der Waals surface area contributed by atoms with E-state index in [1.54, 1.807) is 18.6 Å². The van der Waals surface area contributed by atoms with Gasteiger partial charge in [-0.1, -0.05) is 38.3 Å². The van der Waals surface area contributed by atoms with Crippen molar-refractivity contribution in [2.75, 3.05) is 10.6 Å². The minimum Gasteiger partial charge on any atom is -0.353 e. The molecule has 4 rings (SSSR count). The summed E-state index contributed by atoms with van der Waals surface area (Å²) in [5, 5.41) is 6.65. The van der Waals surface area contributed by atoms with Crippen LogP contribution in [0.3, 0.4) is 0 Å². The lowest BCUT2D eigenvalue weighted by Gasteiger charge is -2.22. The van der Waals surface area contributed by atoms with Crippen LogP contribution >= 0.6 is 0 Å². The third-order valence-electron chi connectivity index (χ3n) is 5.46. The second-order valence-corrected chi connectivity index (χ2v) is 7.39. The van der Waals surface area contributed by atoms with Crippen molar-refractivity contribution in [2.24, 2.45) is 0 Å². The van der Waals surface area contributed by atoms with Crippen molar-refractivity contribution in [3.8, 4) is 0 Å². The van der Waals surface area contributed by atoms with Crippen LogP contribution in [0.25, 0.3) is 0 Å². The van der Waals surface area contributed by atoms with Crippen molar-refractivity contribution < 1.29 is 0 Å². The summed E-state index contributed by atoms with van der Waals surface area (Å²) >= 11 is 0. The van der Waals surface area contributed by atoms with E-state index in [0.717, 1.165) is 29.4 Å². The molecule has 5 nitrogen and oxygen atoms in total. The minimum atomic E-state index is 0.599. The van der Waals surface area contributed by atoms with E-state index < -0.39 is 0 Å². The highest BCUT2D eigenvalue weighted by Crippen LogP contribution is 2.33. The highest BCUT2D eigenvalue weighted by Gasteiger charge is 2.15. The van der Waals surface area contributed by atoms with Gasteiger partial charge in [-0.3, -0.25) is 4.98 Å². The standard InChI is InChI=1S/C23H27N5/c1-2-17-14-24-13-12-22(17)27-21-15-25-23(26-16-21)28-20-10-8-19(9-11-20)18-6-4-3-5-7-18/h8-16,18H,2-7H2,1H3,(H,24,27)(H,25,26,28). The average molecular weight is 374 g/mol. The molecule has 1 saturated carbocycles. The van der Waals surface area contributed by atoms with E-state index >= 15 is 0 Å². The fraction of sp³-hybridized carbons (Fsp3) is 0.348. The van der Waals surface area contributed by atoms with Gasteiger partial charge in [-0.25, -0.2) is 9.97 Å². The molecule has 1 aliphatic carbocycles. The van der Waals surface area contributed by atoms with E-state index in [4.69, 9.17) is 0 Å². The quantitative estimate of drug-likeness (QED) is 0.557. The van der Waals surface area contributed by atoms with Gasteiger partial charge in [-0.2, -0.15) is 0 Å². The number of nitrogens with one attached hydrogen (secondary N) is 2. The molecule has 0 atom stereocenters. The molecule has 0 radical (unpaired) electrons. The zero-order chi connectivity index (χ0) is 19.2. The number of rotatable bonds is 6. The molecule has 0 bridgehead atoms. The van der Waals surface area contributed by atoms with Gasteiger partial charge in [0.25, 0.3) is 0 Å². The topological polar surface area (TPSA) is 62.7 Å². The van der Waals surface area contributed by atoms with E-state index in [1.165, 1.54) is 43.2 Å². The SMILES string of the molecule is CCc1cnccc1Nc1cnc(Nc2ccc(C3CCCCC3)cc2)nc1. The molecule has 1 fully saturated rings. The first-order chi connectivity index (χ1) is 13.8. The zero-order valence-electron chi connectivity index (χ0n) is 16.4. The van der Waals surface area contributed by atoms with Gasteiger partial charge in [0.1, 0.15) is 0 Å². The molecule has 28 heavy (non-hydrogen) atoms. The molecule has 0 unspecified atom stereocenters. The predicted octanol–water partition coefficient (Wildman–Crippen LogP) is 5.97. The molecule has 5 heteroatoms. The predicted molar refractivity (Wildman–Crippen MR) is 114 cm³/mol. The summed E-state index contributed by atoms with van der Waals surface area (Å²) in [4.78, 5) is 13.0. The van der Waals surface area contributed by atoms with Crippen molar-refractivity contribution in [3.63, 3.8) is 0 Å². The number of pyridine rings is 1. The van der Waals surface area contributed by atoms with Crippen LogP contribution in [0.15, 0.2) is 55.1 Å². The molecule has 1 aromatic carbocycles. The number of hydrogen-bond acceptors (Lipinski definition) is 5. The highest BCUT2D eigenvalue weighted by atomic mass is 15.1. The molecule has 0 aliphatic heterocycles. The number of nitrogens with zero attached hydrogens (tertiary/aromatic N) is 3. The molecule has 2 N–H and O–H groups in total. The molecule has 144 valence electrons. The zero-order valence-corrected chi connectivity index (χ0v) is 16.4. The first kappa shape index (κ1) is 18.4. The average Bonchev–Trinajstić information content (AvgIpc) is 2.77. The largest absolute Gasteiger partial charge is 0.353 e. The van der Waals surface area contributed by atoms with Crippen molar-refractivity contribution in [2.45, 2.75) is 51.4 Å². The molecular formula is C23H27N5. The third kappa shape index (κ3) is 4.47. The lowest BCUT2D eigenvalue weighted by molar-refractivity contribution is 0.443. The van der Waals surface area contributed by atoms with Crippen molar-refractivity contribution >= 4 is 23.0 Å². The lowest BCUT2D eigenvalue weighted by atomic mass is 9.84. The van der Waals surface area contributed by atoms with Crippen LogP contribution < -0.4 is 10.6 Å². The normalized spacial score (nSPS) is 14.6.